The van der Waals surface area contributed by atoms with E-state index in [9.17, 15) is 9.59 Å². The van der Waals surface area contributed by atoms with Gasteiger partial charge in [0.05, 0.1) is 18.4 Å². The second kappa shape index (κ2) is 8.52. The minimum Gasteiger partial charge on any atom is -0.465 e. The van der Waals surface area contributed by atoms with E-state index in [1.54, 1.807) is 35.4 Å². The zero-order chi connectivity index (χ0) is 21.1. The largest absolute Gasteiger partial charge is 0.465 e. The van der Waals surface area contributed by atoms with Gasteiger partial charge in [-0.1, -0.05) is 12.1 Å². The first-order valence-corrected chi connectivity index (χ1v) is 10.1. The van der Waals surface area contributed by atoms with E-state index in [0.717, 1.165) is 36.4 Å². The van der Waals surface area contributed by atoms with Crippen molar-refractivity contribution < 1.29 is 14.3 Å². The number of likely N-dealkylation sites (tertiary alicyclic amines) is 1. The molecule has 2 aromatic heterocycles. The number of imidazole rings is 1. The molecule has 1 aromatic carbocycles. The number of methoxy groups -OCH3 is 1. The van der Waals surface area contributed by atoms with Crippen molar-refractivity contribution in [2.24, 2.45) is 5.92 Å². The van der Waals surface area contributed by atoms with Crippen LogP contribution in [0.25, 0.3) is 11.2 Å². The number of carbonyl (C=O) groups is 2. The molecule has 156 valence electrons. The number of nitrogens with one attached hydrogen (secondary N) is 1. The molecule has 8 heteroatoms. The minimum atomic E-state index is -0.475. The Hall–Kier alpha value is -3.42. The maximum absolute atomic E-state index is 12.8. The molecular formula is C22H25N5O3. The average molecular weight is 407 g/mol. The SMILES string of the molecule is CCn1c(CC2CCN(C(=O)Nc3ccccc3C(=O)OC)C2)nc2cccnc21. The van der Waals surface area contributed by atoms with E-state index in [4.69, 9.17) is 9.72 Å². The molecule has 1 N–H and O–H groups in total. The van der Waals surface area contributed by atoms with Gasteiger partial charge in [0.2, 0.25) is 0 Å². The van der Waals surface area contributed by atoms with Crippen molar-refractivity contribution in [2.75, 3.05) is 25.5 Å². The summed E-state index contributed by atoms with van der Waals surface area (Å²) in [4.78, 5) is 35.7. The third kappa shape index (κ3) is 3.85. The fourth-order valence-electron chi connectivity index (χ4n) is 4.01. The van der Waals surface area contributed by atoms with Gasteiger partial charge in [-0.15, -0.1) is 0 Å². The standard InChI is InChI=1S/C22H25N5O3/c1-3-27-19(24-18-9-6-11-23-20(18)27)13-15-10-12-26(14-15)22(29)25-17-8-5-4-7-16(17)21(28)30-2/h4-9,11,15H,3,10,12-14H2,1-2H3,(H,25,29). The van der Waals surface area contributed by atoms with Crippen molar-refractivity contribution in [1.29, 1.82) is 0 Å². The number of fused-ring (bicyclic) bond motifs is 1. The Morgan fingerprint density at radius 3 is 2.87 bits per heavy atom. The summed E-state index contributed by atoms with van der Waals surface area (Å²) in [6.07, 6.45) is 3.49. The van der Waals surface area contributed by atoms with E-state index in [1.807, 2.05) is 12.1 Å². The molecule has 1 aliphatic heterocycles. The van der Waals surface area contributed by atoms with Crippen LogP contribution < -0.4 is 5.32 Å². The number of hydrogen-bond acceptors (Lipinski definition) is 5. The van der Waals surface area contributed by atoms with Crippen molar-refractivity contribution in [3.63, 3.8) is 0 Å². The molecule has 3 heterocycles. The Morgan fingerprint density at radius 1 is 1.23 bits per heavy atom. The zero-order valence-corrected chi connectivity index (χ0v) is 17.2. The zero-order valence-electron chi connectivity index (χ0n) is 17.2. The lowest BCUT2D eigenvalue weighted by Crippen LogP contribution is -2.33. The molecule has 8 nitrogen and oxygen atoms in total. The first-order valence-electron chi connectivity index (χ1n) is 10.1. The molecule has 1 saturated heterocycles. The van der Waals surface area contributed by atoms with Crippen molar-refractivity contribution in [3.05, 3.63) is 54.0 Å². The normalized spacial score (nSPS) is 16.1. The molecule has 0 radical (unpaired) electrons. The third-order valence-electron chi connectivity index (χ3n) is 5.52. The summed E-state index contributed by atoms with van der Waals surface area (Å²) in [5.74, 6) is 0.862. The number of para-hydroxylation sites is 1. The smallest absolute Gasteiger partial charge is 0.339 e. The number of carbonyl (C=O) groups excluding carboxylic acids is 2. The first-order chi connectivity index (χ1) is 14.6. The third-order valence-corrected chi connectivity index (χ3v) is 5.52. The van der Waals surface area contributed by atoms with E-state index in [0.29, 0.717) is 30.3 Å². The van der Waals surface area contributed by atoms with Gasteiger partial charge in [-0.3, -0.25) is 0 Å². The fraction of sp³-hybridized carbons (Fsp3) is 0.364. The van der Waals surface area contributed by atoms with Gasteiger partial charge in [-0.05, 0) is 43.5 Å². The van der Waals surface area contributed by atoms with Crippen molar-refractivity contribution >= 4 is 28.9 Å². The van der Waals surface area contributed by atoms with Crippen LogP contribution in [-0.4, -0.2) is 51.6 Å². The van der Waals surface area contributed by atoms with Gasteiger partial charge in [0, 0.05) is 32.3 Å². The van der Waals surface area contributed by atoms with Crippen LogP contribution in [0.5, 0.6) is 0 Å². The van der Waals surface area contributed by atoms with Crippen LogP contribution in [0, 0.1) is 5.92 Å². The molecule has 4 rings (SSSR count). The highest BCUT2D eigenvalue weighted by atomic mass is 16.5. The minimum absolute atomic E-state index is 0.209. The Bertz CT molecular complexity index is 1080. The maximum atomic E-state index is 12.8. The number of esters is 1. The number of rotatable bonds is 5. The number of aryl methyl sites for hydroxylation is 1. The second-order valence-electron chi connectivity index (χ2n) is 7.39. The predicted octanol–water partition coefficient (Wildman–Crippen LogP) is 3.33. The average Bonchev–Trinajstić information content (AvgIpc) is 3.37. The second-order valence-corrected chi connectivity index (χ2v) is 7.39. The Morgan fingerprint density at radius 2 is 2.07 bits per heavy atom. The summed E-state index contributed by atoms with van der Waals surface area (Å²) in [5, 5.41) is 2.85. The number of benzene rings is 1. The molecule has 30 heavy (non-hydrogen) atoms. The lowest BCUT2D eigenvalue weighted by Gasteiger charge is -2.18. The lowest BCUT2D eigenvalue weighted by atomic mass is 10.0. The van der Waals surface area contributed by atoms with Gasteiger partial charge in [0.1, 0.15) is 11.3 Å². The molecule has 0 bridgehead atoms. The number of nitrogens with zero attached hydrogens (tertiary/aromatic N) is 4. The summed E-state index contributed by atoms with van der Waals surface area (Å²) in [5.41, 5.74) is 2.60. The molecule has 0 aliphatic carbocycles. The summed E-state index contributed by atoms with van der Waals surface area (Å²) < 4.78 is 6.94. The lowest BCUT2D eigenvalue weighted by molar-refractivity contribution is 0.0602. The van der Waals surface area contributed by atoms with E-state index in [1.165, 1.54) is 7.11 Å². The number of hydrogen-bond donors (Lipinski definition) is 1. The van der Waals surface area contributed by atoms with Gasteiger partial charge in [0.15, 0.2) is 5.65 Å². The van der Waals surface area contributed by atoms with E-state index >= 15 is 0 Å². The van der Waals surface area contributed by atoms with Crippen molar-refractivity contribution in [3.8, 4) is 0 Å². The molecule has 0 spiro atoms. The molecule has 1 unspecified atom stereocenters. The van der Waals surface area contributed by atoms with Gasteiger partial charge in [-0.25, -0.2) is 19.6 Å². The Labute approximate surface area is 174 Å². The maximum Gasteiger partial charge on any atom is 0.339 e. The molecular weight excluding hydrogens is 382 g/mol. The van der Waals surface area contributed by atoms with Gasteiger partial charge < -0.3 is 19.5 Å². The molecule has 2 amide bonds. The fourth-order valence-corrected chi connectivity index (χ4v) is 4.01. The number of urea groups is 1. The molecule has 1 fully saturated rings. The molecule has 0 saturated carbocycles. The van der Waals surface area contributed by atoms with Gasteiger partial charge in [-0.2, -0.15) is 0 Å². The Kier molecular flexibility index (Phi) is 5.65. The number of anilines is 1. The van der Waals surface area contributed by atoms with Crippen LogP contribution in [0.1, 0.15) is 29.5 Å². The summed E-state index contributed by atoms with van der Waals surface area (Å²) in [7, 11) is 1.32. The summed E-state index contributed by atoms with van der Waals surface area (Å²) >= 11 is 0. The number of aromatic nitrogens is 3. The number of pyridine rings is 1. The van der Waals surface area contributed by atoms with Crippen LogP contribution in [0.2, 0.25) is 0 Å². The summed E-state index contributed by atoms with van der Waals surface area (Å²) in [6.45, 7) is 4.21. The first kappa shape index (κ1) is 19.9. The van der Waals surface area contributed by atoms with Crippen LogP contribution in [-0.2, 0) is 17.7 Å². The van der Waals surface area contributed by atoms with E-state index in [-0.39, 0.29) is 6.03 Å². The van der Waals surface area contributed by atoms with E-state index in [2.05, 4.69) is 21.8 Å². The predicted molar refractivity (Wildman–Crippen MR) is 113 cm³/mol. The van der Waals surface area contributed by atoms with Crippen molar-refractivity contribution in [2.45, 2.75) is 26.3 Å². The Balaban J connectivity index is 1.43. The van der Waals surface area contributed by atoms with Crippen LogP contribution in [0.3, 0.4) is 0 Å². The van der Waals surface area contributed by atoms with E-state index < -0.39 is 5.97 Å². The molecule has 3 aromatic rings. The number of amides is 2. The topological polar surface area (TPSA) is 89.4 Å². The molecule has 1 atom stereocenters. The van der Waals surface area contributed by atoms with Crippen LogP contribution in [0.15, 0.2) is 42.6 Å². The highest BCUT2D eigenvalue weighted by Crippen LogP contribution is 2.24. The highest BCUT2D eigenvalue weighted by molar-refractivity contribution is 6.00. The van der Waals surface area contributed by atoms with Crippen LogP contribution in [0.4, 0.5) is 10.5 Å². The number of ether oxygens (including phenoxy) is 1. The molecule has 1 aliphatic rings. The summed E-state index contributed by atoms with van der Waals surface area (Å²) in [6, 6.07) is 10.5. The van der Waals surface area contributed by atoms with Gasteiger partial charge >= 0.3 is 12.0 Å². The van der Waals surface area contributed by atoms with Crippen LogP contribution >= 0.6 is 0 Å². The van der Waals surface area contributed by atoms with Gasteiger partial charge in [0.25, 0.3) is 0 Å². The quantitative estimate of drug-likeness (QED) is 0.655. The monoisotopic (exact) mass is 407 g/mol. The van der Waals surface area contributed by atoms with Crippen molar-refractivity contribution in [1.82, 2.24) is 19.4 Å². The highest BCUT2D eigenvalue weighted by Gasteiger charge is 2.28.